The van der Waals surface area contributed by atoms with E-state index in [1.807, 2.05) is 0 Å². The van der Waals surface area contributed by atoms with E-state index in [-0.39, 0.29) is 37.5 Å². The molecule has 6 heteroatoms. The minimum atomic E-state index is -0.804. The van der Waals surface area contributed by atoms with E-state index in [4.69, 9.17) is 14.2 Å². The van der Waals surface area contributed by atoms with Gasteiger partial charge in [-0.1, -0.05) is 318 Å². The first kappa shape index (κ1) is 74.8. The summed E-state index contributed by atoms with van der Waals surface area (Å²) in [6, 6.07) is 0. The second kappa shape index (κ2) is 66.4. The van der Waals surface area contributed by atoms with Gasteiger partial charge < -0.3 is 14.2 Å². The molecule has 6 nitrogen and oxygen atoms in total. The van der Waals surface area contributed by atoms with Crippen LogP contribution in [0.4, 0.5) is 0 Å². The highest BCUT2D eigenvalue weighted by molar-refractivity contribution is 5.71. The molecule has 0 aromatic heterocycles. The van der Waals surface area contributed by atoms with Gasteiger partial charge in [0.1, 0.15) is 13.2 Å². The lowest BCUT2D eigenvalue weighted by molar-refractivity contribution is -0.167. The third kappa shape index (κ3) is 63.7. The Morgan fingerprint density at radius 2 is 0.513 bits per heavy atom. The molecule has 78 heavy (non-hydrogen) atoms. The number of rotatable bonds is 62. The molecule has 0 spiro atoms. The standard InChI is InChI=1S/C72H128O6/c1-4-7-10-13-16-19-22-25-28-31-32-33-34-35-36-37-38-39-40-42-44-47-50-53-56-59-62-65-71(74)77-68-69(67-76-70(73)64-61-58-55-52-49-46-43-30-27-24-21-18-15-12-9-6-3)78-72(75)66-63-60-57-54-51-48-45-41-29-26-23-20-17-14-11-8-5-2/h8,11,17,20,26,29,31-32,45,48,54,57,69H,4-7,9-10,12-16,18-19,21-25,27-28,30,33-44,46-47,49-53,55-56,58-68H2,1-3H3/b11-8-,20-17-,29-26-,32-31-,48-45-,57-54-. The third-order valence-corrected chi connectivity index (χ3v) is 14.9. The second-order valence-electron chi connectivity index (χ2n) is 22.7. The van der Waals surface area contributed by atoms with Gasteiger partial charge >= 0.3 is 17.9 Å². The van der Waals surface area contributed by atoms with E-state index in [9.17, 15) is 14.4 Å². The van der Waals surface area contributed by atoms with Crippen molar-refractivity contribution in [3.63, 3.8) is 0 Å². The molecule has 452 valence electrons. The van der Waals surface area contributed by atoms with E-state index in [1.165, 1.54) is 225 Å². The van der Waals surface area contributed by atoms with Crippen molar-refractivity contribution in [2.45, 2.75) is 354 Å². The molecule has 0 aromatic rings. The average molecular weight is 1090 g/mol. The van der Waals surface area contributed by atoms with E-state index < -0.39 is 6.10 Å². The van der Waals surface area contributed by atoms with Crippen LogP contribution in [0.25, 0.3) is 0 Å². The van der Waals surface area contributed by atoms with Crippen LogP contribution in [0.3, 0.4) is 0 Å². The summed E-state index contributed by atoms with van der Waals surface area (Å²) in [6.07, 6.45) is 86.5. The molecule has 0 aliphatic rings. The van der Waals surface area contributed by atoms with Crippen LogP contribution in [0.1, 0.15) is 348 Å². The van der Waals surface area contributed by atoms with Crippen molar-refractivity contribution >= 4 is 17.9 Å². The van der Waals surface area contributed by atoms with Crippen LogP contribution in [0, 0.1) is 0 Å². The van der Waals surface area contributed by atoms with E-state index in [0.717, 1.165) is 77.0 Å². The summed E-state index contributed by atoms with van der Waals surface area (Å²) in [5, 5.41) is 0. The Labute approximate surface area is 484 Å². The molecule has 0 aliphatic carbocycles. The summed E-state index contributed by atoms with van der Waals surface area (Å²) < 4.78 is 16.9. The minimum absolute atomic E-state index is 0.0940. The predicted molar refractivity (Wildman–Crippen MR) is 339 cm³/mol. The molecule has 0 saturated carbocycles. The highest BCUT2D eigenvalue weighted by Crippen LogP contribution is 2.17. The molecule has 1 atom stereocenters. The summed E-state index contributed by atoms with van der Waals surface area (Å²) in [4.78, 5) is 38.3. The molecule has 0 N–H and O–H groups in total. The highest BCUT2D eigenvalue weighted by Gasteiger charge is 2.19. The van der Waals surface area contributed by atoms with Crippen LogP contribution in [-0.2, 0) is 28.6 Å². The van der Waals surface area contributed by atoms with Crippen molar-refractivity contribution in [2.75, 3.05) is 13.2 Å². The summed E-state index contributed by atoms with van der Waals surface area (Å²) in [7, 11) is 0. The van der Waals surface area contributed by atoms with Gasteiger partial charge in [0.2, 0.25) is 0 Å². The molecule has 0 fully saturated rings. The van der Waals surface area contributed by atoms with E-state index >= 15 is 0 Å². The van der Waals surface area contributed by atoms with Gasteiger partial charge in [-0.3, -0.25) is 14.4 Å². The maximum absolute atomic E-state index is 12.9. The van der Waals surface area contributed by atoms with Gasteiger partial charge in [-0.05, 0) is 83.5 Å². The van der Waals surface area contributed by atoms with Crippen LogP contribution >= 0.6 is 0 Å². The molecule has 0 rings (SSSR count). The Morgan fingerprint density at radius 3 is 0.833 bits per heavy atom. The number of carbonyl (C=O) groups is 3. The lowest BCUT2D eigenvalue weighted by Gasteiger charge is -2.18. The zero-order chi connectivity index (χ0) is 56.4. The lowest BCUT2D eigenvalue weighted by atomic mass is 10.0. The Balaban J connectivity index is 4.31. The third-order valence-electron chi connectivity index (χ3n) is 14.9. The van der Waals surface area contributed by atoms with Crippen LogP contribution in [0.5, 0.6) is 0 Å². The Morgan fingerprint density at radius 1 is 0.269 bits per heavy atom. The van der Waals surface area contributed by atoms with Gasteiger partial charge in [-0.25, -0.2) is 0 Å². The van der Waals surface area contributed by atoms with E-state index in [0.29, 0.717) is 19.3 Å². The fourth-order valence-corrected chi connectivity index (χ4v) is 9.89. The van der Waals surface area contributed by atoms with Gasteiger partial charge in [0.05, 0.1) is 0 Å². The topological polar surface area (TPSA) is 78.9 Å². The zero-order valence-corrected chi connectivity index (χ0v) is 51.9. The summed E-state index contributed by atoms with van der Waals surface area (Å²) in [6.45, 7) is 6.53. The van der Waals surface area contributed by atoms with Gasteiger partial charge in [-0.2, -0.15) is 0 Å². The quantitative estimate of drug-likeness (QED) is 0.0261. The molecule has 0 bridgehead atoms. The van der Waals surface area contributed by atoms with Crippen molar-refractivity contribution in [1.82, 2.24) is 0 Å². The van der Waals surface area contributed by atoms with Crippen molar-refractivity contribution < 1.29 is 28.6 Å². The van der Waals surface area contributed by atoms with Gasteiger partial charge in [0, 0.05) is 19.3 Å². The second-order valence-corrected chi connectivity index (χ2v) is 22.7. The molecule has 0 heterocycles. The smallest absolute Gasteiger partial charge is 0.306 e. The van der Waals surface area contributed by atoms with Gasteiger partial charge in [0.25, 0.3) is 0 Å². The first-order valence-corrected chi connectivity index (χ1v) is 33.9. The van der Waals surface area contributed by atoms with Crippen LogP contribution in [0.2, 0.25) is 0 Å². The normalized spacial score (nSPS) is 12.5. The number of unbranched alkanes of at least 4 members (excludes halogenated alkanes) is 39. The Bertz CT molecular complexity index is 1440. The zero-order valence-electron chi connectivity index (χ0n) is 51.9. The average Bonchev–Trinajstić information content (AvgIpc) is 3.44. The number of hydrogen-bond donors (Lipinski definition) is 0. The maximum atomic E-state index is 12.9. The molecule has 1 unspecified atom stereocenters. The van der Waals surface area contributed by atoms with Crippen LogP contribution in [0.15, 0.2) is 72.9 Å². The fraction of sp³-hybridized carbons (Fsp3) is 0.792. The van der Waals surface area contributed by atoms with Crippen molar-refractivity contribution in [2.24, 2.45) is 0 Å². The molecule has 0 aliphatic heterocycles. The number of allylic oxidation sites excluding steroid dienone is 12. The SMILES string of the molecule is CC/C=C\C/C=C\C/C=C\C/C=C\C/C=C\CCCC(=O)OC(COC(=O)CCCCCCCCCCCCCCCCCC)COC(=O)CCCCCCCCCCCCCCCCC/C=C\CCCCCCCCCC. The summed E-state index contributed by atoms with van der Waals surface area (Å²) in [5.74, 6) is -0.933. The minimum Gasteiger partial charge on any atom is -0.462 e. The molecule has 0 radical (unpaired) electrons. The number of ether oxygens (including phenoxy) is 3. The maximum Gasteiger partial charge on any atom is 0.306 e. The molecular weight excluding hydrogens is 961 g/mol. The molecular formula is C72H128O6. The summed E-state index contributed by atoms with van der Waals surface area (Å²) >= 11 is 0. The number of carbonyl (C=O) groups excluding carboxylic acids is 3. The van der Waals surface area contributed by atoms with Crippen LogP contribution < -0.4 is 0 Å². The molecule has 0 aromatic carbocycles. The first-order valence-electron chi connectivity index (χ1n) is 33.9. The van der Waals surface area contributed by atoms with E-state index in [1.54, 1.807) is 0 Å². The van der Waals surface area contributed by atoms with Crippen molar-refractivity contribution in [3.05, 3.63) is 72.9 Å². The Kier molecular flexibility index (Phi) is 63.7. The van der Waals surface area contributed by atoms with Crippen LogP contribution in [-0.4, -0.2) is 37.2 Å². The van der Waals surface area contributed by atoms with Crippen molar-refractivity contribution in [3.8, 4) is 0 Å². The number of esters is 3. The fourth-order valence-electron chi connectivity index (χ4n) is 9.89. The first-order chi connectivity index (χ1) is 38.5. The molecule has 0 amide bonds. The predicted octanol–water partition coefficient (Wildman–Crippen LogP) is 23.3. The van der Waals surface area contributed by atoms with Crippen molar-refractivity contribution in [1.29, 1.82) is 0 Å². The van der Waals surface area contributed by atoms with Gasteiger partial charge in [-0.15, -0.1) is 0 Å². The number of hydrogen-bond acceptors (Lipinski definition) is 6. The van der Waals surface area contributed by atoms with E-state index in [2.05, 4.69) is 93.7 Å². The largest absolute Gasteiger partial charge is 0.462 e. The Hall–Kier alpha value is -3.15. The highest BCUT2D eigenvalue weighted by atomic mass is 16.6. The lowest BCUT2D eigenvalue weighted by Crippen LogP contribution is -2.30. The summed E-state index contributed by atoms with van der Waals surface area (Å²) in [5.41, 5.74) is 0. The molecule has 0 saturated heterocycles. The monoisotopic (exact) mass is 1090 g/mol. The van der Waals surface area contributed by atoms with Gasteiger partial charge in [0.15, 0.2) is 6.10 Å².